The van der Waals surface area contributed by atoms with Crippen molar-refractivity contribution in [2.45, 2.75) is 31.9 Å². The van der Waals surface area contributed by atoms with Crippen LogP contribution in [0.4, 0.5) is 4.39 Å². The maximum absolute atomic E-state index is 13.2. The van der Waals surface area contributed by atoms with Crippen molar-refractivity contribution in [1.29, 1.82) is 0 Å². The standard InChI is InChI=1S/C15H15ClFNO2S/c1-8(11-3-2-6-20-11)18-15(19)14-13(16)10-5-4-9(17)7-12(10)21-14/h4-5,7-8,11H,2-3,6H2,1H3,(H,18,19). The first-order valence-electron chi connectivity index (χ1n) is 6.86. The molecule has 2 heterocycles. The van der Waals surface area contributed by atoms with E-state index in [9.17, 15) is 9.18 Å². The van der Waals surface area contributed by atoms with E-state index in [1.807, 2.05) is 6.92 Å². The van der Waals surface area contributed by atoms with Gasteiger partial charge in [-0.3, -0.25) is 4.79 Å². The van der Waals surface area contributed by atoms with Crippen molar-refractivity contribution in [3.63, 3.8) is 0 Å². The zero-order valence-corrected chi connectivity index (χ0v) is 13.1. The lowest BCUT2D eigenvalue weighted by Gasteiger charge is -2.19. The van der Waals surface area contributed by atoms with Crippen LogP contribution in [0.3, 0.4) is 0 Å². The molecular formula is C15H15ClFNO2S. The molecule has 21 heavy (non-hydrogen) atoms. The van der Waals surface area contributed by atoms with Gasteiger partial charge in [0, 0.05) is 16.7 Å². The highest BCUT2D eigenvalue weighted by molar-refractivity contribution is 7.21. The van der Waals surface area contributed by atoms with Crippen molar-refractivity contribution < 1.29 is 13.9 Å². The van der Waals surface area contributed by atoms with Gasteiger partial charge in [0.2, 0.25) is 0 Å². The van der Waals surface area contributed by atoms with E-state index in [0.29, 0.717) is 20.0 Å². The van der Waals surface area contributed by atoms with Crippen molar-refractivity contribution in [3.8, 4) is 0 Å². The number of rotatable bonds is 3. The third kappa shape index (κ3) is 2.91. The molecule has 1 aromatic heterocycles. The second-order valence-electron chi connectivity index (χ2n) is 5.20. The largest absolute Gasteiger partial charge is 0.376 e. The van der Waals surface area contributed by atoms with Crippen LogP contribution >= 0.6 is 22.9 Å². The molecule has 1 aromatic carbocycles. The van der Waals surface area contributed by atoms with Crippen LogP contribution in [-0.4, -0.2) is 24.7 Å². The number of ether oxygens (including phenoxy) is 1. The molecule has 2 atom stereocenters. The minimum Gasteiger partial charge on any atom is -0.376 e. The van der Waals surface area contributed by atoms with E-state index in [1.165, 1.54) is 23.5 Å². The lowest BCUT2D eigenvalue weighted by atomic mass is 10.1. The van der Waals surface area contributed by atoms with Gasteiger partial charge in [-0.2, -0.15) is 0 Å². The number of hydrogen-bond acceptors (Lipinski definition) is 3. The number of halogens is 2. The van der Waals surface area contributed by atoms with Gasteiger partial charge in [0.05, 0.1) is 17.2 Å². The molecule has 1 saturated heterocycles. The Morgan fingerprint density at radius 1 is 1.57 bits per heavy atom. The number of amides is 1. The van der Waals surface area contributed by atoms with Gasteiger partial charge in [-0.1, -0.05) is 11.6 Å². The van der Waals surface area contributed by atoms with Crippen molar-refractivity contribution in [1.82, 2.24) is 5.32 Å². The SMILES string of the molecule is CC(NC(=O)c1sc2cc(F)ccc2c1Cl)C1CCCO1. The number of thiophene rings is 1. The summed E-state index contributed by atoms with van der Waals surface area (Å²) in [7, 11) is 0. The summed E-state index contributed by atoms with van der Waals surface area (Å²) in [6.07, 6.45) is 2.03. The monoisotopic (exact) mass is 327 g/mol. The predicted octanol–water partition coefficient (Wildman–Crippen LogP) is 3.99. The molecule has 2 unspecified atom stereocenters. The highest BCUT2D eigenvalue weighted by Crippen LogP contribution is 2.35. The third-order valence-electron chi connectivity index (χ3n) is 3.68. The topological polar surface area (TPSA) is 38.3 Å². The molecule has 3 nitrogen and oxygen atoms in total. The molecule has 1 fully saturated rings. The zero-order chi connectivity index (χ0) is 15.0. The molecule has 0 saturated carbocycles. The van der Waals surface area contributed by atoms with E-state index in [-0.39, 0.29) is 23.9 Å². The minimum absolute atomic E-state index is 0.0551. The minimum atomic E-state index is -0.333. The molecule has 2 aromatic rings. The number of nitrogens with one attached hydrogen (secondary N) is 1. The summed E-state index contributed by atoms with van der Waals surface area (Å²) >= 11 is 7.45. The number of hydrogen-bond donors (Lipinski definition) is 1. The average molecular weight is 328 g/mol. The van der Waals surface area contributed by atoms with Gasteiger partial charge in [-0.05, 0) is 38.0 Å². The van der Waals surface area contributed by atoms with Gasteiger partial charge in [-0.15, -0.1) is 11.3 Å². The summed E-state index contributed by atoms with van der Waals surface area (Å²) in [5.41, 5.74) is 0. The van der Waals surface area contributed by atoms with Gasteiger partial charge in [-0.25, -0.2) is 4.39 Å². The van der Waals surface area contributed by atoms with Gasteiger partial charge in [0.1, 0.15) is 10.7 Å². The summed E-state index contributed by atoms with van der Waals surface area (Å²) in [4.78, 5) is 12.8. The van der Waals surface area contributed by atoms with E-state index < -0.39 is 0 Å². The van der Waals surface area contributed by atoms with E-state index in [4.69, 9.17) is 16.3 Å². The van der Waals surface area contributed by atoms with E-state index in [1.54, 1.807) is 6.07 Å². The molecule has 1 aliphatic rings. The number of carbonyl (C=O) groups excluding carboxylic acids is 1. The van der Waals surface area contributed by atoms with Crippen LogP contribution in [-0.2, 0) is 4.74 Å². The van der Waals surface area contributed by atoms with E-state index in [0.717, 1.165) is 19.4 Å². The lowest BCUT2D eigenvalue weighted by molar-refractivity contribution is 0.0715. The maximum Gasteiger partial charge on any atom is 0.263 e. The maximum atomic E-state index is 13.2. The first-order valence-corrected chi connectivity index (χ1v) is 8.05. The first-order chi connectivity index (χ1) is 10.1. The highest BCUT2D eigenvalue weighted by atomic mass is 35.5. The van der Waals surface area contributed by atoms with Crippen molar-refractivity contribution in [2.24, 2.45) is 0 Å². The Morgan fingerprint density at radius 3 is 3.10 bits per heavy atom. The van der Waals surface area contributed by atoms with Gasteiger partial charge >= 0.3 is 0 Å². The van der Waals surface area contributed by atoms with E-state index in [2.05, 4.69) is 5.32 Å². The Hall–Kier alpha value is -1.17. The Kier molecular flexibility index (Phi) is 4.15. The Morgan fingerprint density at radius 2 is 2.38 bits per heavy atom. The van der Waals surface area contributed by atoms with Crippen LogP contribution in [0, 0.1) is 5.82 Å². The number of carbonyl (C=O) groups is 1. The summed E-state index contributed by atoms with van der Waals surface area (Å²) in [5, 5.41) is 4.01. The summed E-state index contributed by atoms with van der Waals surface area (Å²) in [5.74, 6) is -0.565. The van der Waals surface area contributed by atoms with E-state index >= 15 is 0 Å². The second-order valence-corrected chi connectivity index (χ2v) is 6.63. The Balaban J connectivity index is 1.82. The van der Waals surface area contributed by atoms with Gasteiger partial charge < -0.3 is 10.1 Å². The highest BCUT2D eigenvalue weighted by Gasteiger charge is 2.25. The number of fused-ring (bicyclic) bond motifs is 1. The molecule has 0 radical (unpaired) electrons. The third-order valence-corrected chi connectivity index (χ3v) is 5.34. The van der Waals surface area contributed by atoms with Crippen molar-refractivity contribution in [2.75, 3.05) is 6.61 Å². The van der Waals surface area contributed by atoms with Crippen LogP contribution in [0.5, 0.6) is 0 Å². The average Bonchev–Trinajstić information content (AvgIpc) is 3.07. The predicted molar refractivity (Wildman–Crippen MR) is 82.7 cm³/mol. The quantitative estimate of drug-likeness (QED) is 0.925. The van der Waals surface area contributed by atoms with Crippen LogP contribution in [0.2, 0.25) is 5.02 Å². The second kappa shape index (κ2) is 5.91. The summed E-state index contributed by atoms with van der Waals surface area (Å²) in [6, 6.07) is 4.27. The fourth-order valence-corrected chi connectivity index (χ4v) is 3.99. The molecule has 0 aliphatic carbocycles. The summed E-state index contributed by atoms with van der Waals surface area (Å²) < 4.78 is 19.5. The van der Waals surface area contributed by atoms with Crippen LogP contribution < -0.4 is 5.32 Å². The molecular weight excluding hydrogens is 313 g/mol. The van der Waals surface area contributed by atoms with Gasteiger partial charge in [0.25, 0.3) is 5.91 Å². The first kappa shape index (κ1) is 14.8. The van der Waals surface area contributed by atoms with Crippen LogP contribution in [0.25, 0.3) is 10.1 Å². The fourth-order valence-electron chi connectivity index (χ4n) is 2.55. The Bertz CT molecular complexity index is 682. The molecule has 0 bridgehead atoms. The molecule has 1 N–H and O–H groups in total. The Labute approximate surface area is 131 Å². The molecule has 0 spiro atoms. The molecule has 112 valence electrons. The smallest absolute Gasteiger partial charge is 0.263 e. The molecule has 1 aliphatic heterocycles. The normalized spacial score (nSPS) is 19.9. The van der Waals surface area contributed by atoms with Crippen molar-refractivity contribution in [3.05, 3.63) is 33.9 Å². The van der Waals surface area contributed by atoms with Crippen LogP contribution in [0.15, 0.2) is 18.2 Å². The molecule has 1 amide bonds. The lowest BCUT2D eigenvalue weighted by Crippen LogP contribution is -2.40. The van der Waals surface area contributed by atoms with Gasteiger partial charge in [0.15, 0.2) is 0 Å². The summed E-state index contributed by atoms with van der Waals surface area (Å²) in [6.45, 7) is 2.67. The fraction of sp³-hybridized carbons (Fsp3) is 0.400. The van der Waals surface area contributed by atoms with Crippen LogP contribution in [0.1, 0.15) is 29.4 Å². The zero-order valence-electron chi connectivity index (χ0n) is 11.5. The molecule has 6 heteroatoms. The van der Waals surface area contributed by atoms with Crippen molar-refractivity contribution >= 4 is 38.9 Å². The number of benzene rings is 1. The molecule has 3 rings (SSSR count).